The molecule has 2 aliphatic rings. The normalized spacial score (nSPS) is 19.3. The molecular weight excluding hydrogens is 272 g/mol. The number of benzene rings is 1. The molecule has 110 valence electrons. The average Bonchev–Trinajstić information content (AvgIpc) is 3.45. The molecule has 2 saturated carbocycles. The molecule has 0 atom stereocenters. The fraction of sp³-hybridized carbons (Fsp3) is 0.333. The molecule has 0 unspecified atom stereocenters. The average molecular weight is 290 g/mol. The second-order valence-corrected chi connectivity index (χ2v) is 6.52. The van der Waals surface area contributed by atoms with Crippen LogP contribution in [0.3, 0.4) is 0 Å². The van der Waals surface area contributed by atoms with Crippen LogP contribution in [0.4, 0.5) is 0 Å². The van der Waals surface area contributed by atoms with Gasteiger partial charge in [-0.05, 0) is 55.9 Å². The molecule has 4 nitrogen and oxygen atoms in total. The van der Waals surface area contributed by atoms with Crippen LogP contribution in [0, 0.1) is 5.92 Å². The number of hydrogen-bond donors (Lipinski definition) is 0. The number of aromatic nitrogens is 4. The summed E-state index contributed by atoms with van der Waals surface area (Å²) in [7, 11) is 0. The summed E-state index contributed by atoms with van der Waals surface area (Å²) in [6.45, 7) is 0. The Kier molecular flexibility index (Phi) is 2.40. The molecule has 0 amide bonds. The maximum atomic E-state index is 4.64. The summed E-state index contributed by atoms with van der Waals surface area (Å²) < 4.78 is 4.46. The highest BCUT2D eigenvalue weighted by molar-refractivity contribution is 5.58. The van der Waals surface area contributed by atoms with Crippen LogP contribution in [0.25, 0.3) is 17.1 Å². The molecular formula is C18H18N4. The van der Waals surface area contributed by atoms with E-state index in [9.17, 15) is 0 Å². The molecule has 0 N–H and O–H groups in total. The Morgan fingerprint density at radius 1 is 1.00 bits per heavy atom. The molecule has 0 bridgehead atoms. The van der Waals surface area contributed by atoms with E-state index in [1.54, 1.807) is 6.20 Å². The summed E-state index contributed by atoms with van der Waals surface area (Å²) in [6, 6.07) is 8.59. The molecule has 0 aliphatic heterocycles. The van der Waals surface area contributed by atoms with Gasteiger partial charge in [0.25, 0.3) is 0 Å². The van der Waals surface area contributed by atoms with Gasteiger partial charge in [-0.25, -0.2) is 9.97 Å². The first kappa shape index (κ1) is 12.2. The SMILES string of the molecule is c1cn(-c2ccc(-c3nccn3C3(C4CC4)CC3)cc2)cn1. The van der Waals surface area contributed by atoms with Crippen molar-refractivity contribution in [2.75, 3.05) is 0 Å². The van der Waals surface area contributed by atoms with Gasteiger partial charge in [0.2, 0.25) is 0 Å². The second kappa shape index (κ2) is 4.32. The topological polar surface area (TPSA) is 35.6 Å². The highest BCUT2D eigenvalue weighted by Gasteiger charge is 2.55. The Bertz CT molecular complexity index is 790. The highest BCUT2D eigenvalue weighted by atomic mass is 15.2. The van der Waals surface area contributed by atoms with Crippen molar-refractivity contribution in [1.29, 1.82) is 0 Å². The van der Waals surface area contributed by atoms with Crippen LogP contribution in [0.1, 0.15) is 25.7 Å². The third kappa shape index (κ3) is 1.76. The first-order valence-corrected chi connectivity index (χ1v) is 7.99. The minimum absolute atomic E-state index is 0.384. The Hall–Kier alpha value is -2.36. The van der Waals surface area contributed by atoms with Crippen LogP contribution >= 0.6 is 0 Å². The molecule has 3 aromatic rings. The molecule has 2 aromatic heterocycles. The molecule has 2 aliphatic carbocycles. The van der Waals surface area contributed by atoms with Gasteiger partial charge in [-0.3, -0.25) is 0 Å². The van der Waals surface area contributed by atoms with E-state index in [0.717, 1.165) is 17.4 Å². The molecule has 2 fully saturated rings. The lowest BCUT2D eigenvalue weighted by Gasteiger charge is -2.19. The lowest BCUT2D eigenvalue weighted by Crippen LogP contribution is -2.19. The van der Waals surface area contributed by atoms with Crippen LogP contribution < -0.4 is 0 Å². The van der Waals surface area contributed by atoms with Crippen molar-refractivity contribution < 1.29 is 0 Å². The molecule has 4 heteroatoms. The van der Waals surface area contributed by atoms with Gasteiger partial charge in [-0.2, -0.15) is 0 Å². The van der Waals surface area contributed by atoms with E-state index in [4.69, 9.17) is 0 Å². The Labute approximate surface area is 129 Å². The van der Waals surface area contributed by atoms with E-state index in [0.29, 0.717) is 5.54 Å². The van der Waals surface area contributed by atoms with E-state index in [1.807, 2.05) is 23.3 Å². The van der Waals surface area contributed by atoms with Gasteiger partial charge >= 0.3 is 0 Å². The molecule has 5 rings (SSSR count). The lowest BCUT2D eigenvalue weighted by atomic mass is 10.1. The Morgan fingerprint density at radius 3 is 2.45 bits per heavy atom. The fourth-order valence-electron chi connectivity index (χ4n) is 3.67. The predicted molar refractivity (Wildman–Crippen MR) is 84.7 cm³/mol. The molecule has 1 aromatic carbocycles. The monoisotopic (exact) mass is 290 g/mol. The number of rotatable bonds is 4. The van der Waals surface area contributed by atoms with Gasteiger partial charge in [0.05, 0.1) is 6.33 Å². The zero-order valence-corrected chi connectivity index (χ0v) is 12.4. The summed E-state index contributed by atoms with van der Waals surface area (Å²) in [6.07, 6.45) is 15.1. The highest BCUT2D eigenvalue weighted by Crippen LogP contribution is 2.60. The summed E-state index contributed by atoms with van der Waals surface area (Å²) >= 11 is 0. The van der Waals surface area contributed by atoms with Crippen LogP contribution in [-0.4, -0.2) is 19.1 Å². The van der Waals surface area contributed by atoms with Gasteiger partial charge in [0.15, 0.2) is 0 Å². The first-order chi connectivity index (χ1) is 10.9. The minimum atomic E-state index is 0.384. The third-order valence-corrected chi connectivity index (χ3v) is 5.15. The molecule has 0 radical (unpaired) electrons. The quantitative estimate of drug-likeness (QED) is 0.735. The van der Waals surface area contributed by atoms with Gasteiger partial charge in [0, 0.05) is 41.6 Å². The Morgan fingerprint density at radius 2 is 1.82 bits per heavy atom. The minimum Gasteiger partial charge on any atom is -0.325 e. The van der Waals surface area contributed by atoms with E-state index in [-0.39, 0.29) is 0 Å². The summed E-state index contributed by atoms with van der Waals surface area (Å²) in [4.78, 5) is 8.74. The summed E-state index contributed by atoms with van der Waals surface area (Å²) in [5.41, 5.74) is 2.71. The van der Waals surface area contributed by atoms with Crippen LogP contribution in [0.15, 0.2) is 55.4 Å². The van der Waals surface area contributed by atoms with Crippen LogP contribution in [0.2, 0.25) is 0 Å². The second-order valence-electron chi connectivity index (χ2n) is 6.52. The van der Waals surface area contributed by atoms with Crippen molar-refractivity contribution >= 4 is 0 Å². The molecule has 22 heavy (non-hydrogen) atoms. The van der Waals surface area contributed by atoms with E-state index in [2.05, 4.69) is 45.0 Å². The van der Waals surface area contributed by atoms with E-state index < -0.39 is 0 Å². The fourth-order valence-corrected chi connectivity index (χ4v) is 3.67. The smallest absolute Gasteiger partial charge is 0.140 e. The van der Waals surface area contributed by atoms with Gasteiger partial charge in [0.1, 0.15) is 5.82 Å². The van der Waals surface area contributed by atoms with Crippen LogP contribution in [0.5, 0.6) is 0 Å². The van der Waals surface area contributed by atoms with Crippen molar-refractivity contribution in [3.63, 3.8) is 0 Å². The lowest BCUT2D eigenvalue weighted by molar-refractivity contribution is 0.425. The summed E-state index contributed by atoms with van der Waals surface area (Å²) in [5, 5.41) is 0. The third-order valence-electron chi connectivity index (χ3n) is 5.15. The van der Waals surface area contributed by atoms with E-state index >= 15 is 0 Å². The Balaban J connectivity index is 1.52. The van der Waals surface area contributed by atoms with Crippen molar-refractivity contribution in [2.45, 2.75) is 31.2 Å². The first-order valence-electron chi connectivity index (χ1n) is 7.99. The summed E-state index contributed by atoms with van der Waals surface area (Å²) in [5.74, 6) is 1.99. The van der Waals surface area contributed by atoms with Crippen molar-refractivity contribution in [1.82, 2.24) is 19.1 Å². The van der Waals surface area contributed by atoms with Gasteiger partial charge in [-0.1, -0.05) is 0 Å². The number of nitrogens with zero attached hydrogens (tertiary/aromatic N) is 4. The largest absolute Gasteiger partial charge is 0.325 e. The van der Waals surface area contributed by atoms with Crippen molar-refractivity contribution in [2.24, 2.45) is 5.92 Å². The standard InChI is InChI=1S/C18H18N4/c1-5-16(21-11-9-19-13-21)6-2-14(1)17-20-10-12-22(17)18(7-8-18)15-3-4-15/h1-2,5-6,9-13,15H,3-4,7-8H2. The molecule has 0 saturated heterocycles. The van der Waals surface area contributed by atoms with Crippen molar-refractivity contribution in [3.8, 4) is 17.1 Å². The van der Waals surface area contributed by atoms with Crippen molar-refractivity contribution in [3.05, 3.63) is 55.4 Å². The van der Waals surface area contributed by atoms with Gasteiger partial charge in [-0.15, -0.1) is 0 Å². The molecule has 0 spiro atoms. The van der Waals surface area contributed by atoms with Gasteiger partial charge < -0.3 is 9.13 Å². The zero-order valence-electron chi connectivity index (χ0n) is 12.4. The number of hydrogen-bond acceptors (Lipinski definition) is 2. The number of imidazole rings is 2. The molecule has 2 heterocycles. The maximum Gasteiger partial charge on any atom is 0.140 e. The predicted octanol–water partition coefficient (Wildman–Crippen LogP) is 3.63. The zero-order chi connectivity index (χ0) is 14.6. The maximum absolute atomic E-state index is 4.64. The van der Waals surface area contributed by atoms with Crippen LogP contribution in [-0.2, 0) is 5.54 Å². The van der Waals surface area contributed by atoms with E-state index in [1.165, 1.54) is 31.2 Å².